The van der Waals surface area contributed by atoms with Crippen molar-refractivity contribution in [2.45, 2.75) is 27.7 Å². The highest BCUT2D eigenvalue weighted by atomic mass is 35.5. The van der Waals surface area contributed by atoms with Crippen LogP contribution in [0.5, 0.6) is 0 Å². The number of rotatable bonds is 4. The molecule has 3 aromatic rings. The summed E-state index contributed by atoms with van der Waals surface area (Å²) in [6, 6.07) is 14.9. The first-order valence-corrected chi connectivity index (χ1v) is 10.1. The molecule has 0 atom stereocenters. The summed E-state index contributed by atoms with van der Waals surface area (Å²) in [5.74, 6) is -0.448. The number of nitrogens with zero attached hydrogens (tertiary/aromatic N) is 2. The highest BCUT2D eigenvalue weighted by Crippen LogP contribution is 2.27. The molecule has 1 amide bonds. The van der Waals surface area contributed by atoms with Crippen LogP contribution in [-0.4, -0.2) is 10.5 Å². The number of benzene rings is 2. The van der Waals surface area contributed by atoms with E-state index in [1.807, 2.05) is 74.7 Å². The Hall–Kier alpha value is -3.00. The van der Waals surface area contributed by atoms with E-state index in [1.54, 1.807) is 12.1 Å². The van der Waals surface area contributed by atoms with Gasteiger partial charge in [0.1, 0.15) is 11.6 Å². The maximum Gasteiger partial charge on any atom is 0.266 e. The molecule has 0 saturated heterocycles. The summed E-state index contributed by atoms with van der Waals surface area (Å²) in [5, 5.41) is 13.4. The van der Waals surface area contributed by atoms with Gasteiger partial charge >= 0.3 is 0 Å². The molecule has 152 valence electrons. The van der Waals surface area contributed by atoms with Gasteiger partial charge in [-0.3, -0.25) is 4.79 Å². The number of hydrogen-bond acceptors (Lipinski definition) is 2. The minimum absolute atomic E-state index is 0.0256. The number of halogens is 2. The third kappa shape index (κ3) is 4.59. The molecule has 0 radical (unpaired) electrons. The van der Waals surface area contributed by atoms with Gasteiger partial charge in [-0.1, -0.05) is 29.3 Å². The second-order valence-corrected chi connectivity index (χ2v) is 8.09. The van der Waals surface area contributed by atoms with Crippen molar-refractivity contribution in [3.8, 4) is 11.8 Å². The van der Waals surface area contributed by atoms with Crippen LogP contribution in [0.25, 0.3) is 11.8 Å². The molecule has 0 fully saturated rings. The second kappa shape index (κ2) is 8.79. The molecule has 0 bridgehead atoms. The minimum Gasteiger partial charge on any atom is -0.321 e. The first-order chi connectivity index (χ1) is 14.2. The molecule has 1 heterocycles. The van der Waals surface area contributed by atoms with Crippen LogP contribution in [0.4, 0.5) is 5.69 Å². The van der Waals surface area contributed by atoms with Gasteiger partial charge in [0.25, 0.3) is 5.91 Å². The monoisotopic (exact) mass is 437 g/mol. The van der Waals surface area contributed by atoms with E-state index in [4.69, 9.17) is 23.2 Å². The van der Waals surface area contributed by atoms with Crippen molar-refractivity contribution in [2.24, 2.45) is 0 Å². The number of anilines is 1. The van der Waals surface area contributed by atoms with Gasteiger partial charge in [-0.15, -0.1) is 0 Å². The largest absolute Gasteiger partial charge is 0.321 e. The molecule has 3 rings (SSSR count). The molecule has 0 aliphatic heterocycles. The van der Waals surface area contributed by atoms with E-state index in [0.29, 0.717) is 15.7 Å². The van der Waals surface area contributed by atoms with E-state index >= 15 is 0 Å². The Balaban J connectivity index is 1.95. The Labute approximate surface area is 186 Å². The number of carbonyl (C=O) groups excluding carboxylic acids is 1. The lowest BCUT2D eigenvalue weighted by Gasteiger charge is -2.11. The van der Waals surface area contributed by atoms with Crippen molar-refractivity contribution in [1.82, 2.24) is 4.57 Å². The highest BCUT2D eigenvalue weighted by molar-refractivity contribution is 6.34. The van der Waals surface area contributed by atoms with Crippen LogP contribution in [0.3, 0.4) is 0 Å². The Morgan fingerprint density at radius 3 is 2.27 bits per heavy atom. The third-order valence-electron chi connectivity index (χ3n) is 5.01. The molecule has 0 unspecified atom stereocenters. The van der Waals surface area contributed by atoms with Gasteiger partial charge in [-0.2, -0.15) is 5.26 Å². The summed E-state index contributed by atoms with van der Waals surface area (Å²) in [5.41, 5.74) is 6.29. The normalized spacial score (nSPS) is 11.3. The summed E-state index contributed by atoms with van der Waals surface area (Å²) in [6.07, 6.45) is 1.60. The van der Waals surface area contributed by atoms with Crippen LogP contribution < -0.4 is 5.32 Å². The van der Waals surface area contributed by atoms with Crippen molar-refractivity contribution in [3.63, 3.8) is 0 Å². The van der Waals surface area contributed by atoms with Crippen molar-refractivity contribution in [3.05, 3.63) is 86.2 Å². The van der Waals surface area contributed by atoms with E-state index < -0.39 is 5.91 Å². The Morgan fingerprint density at radius 2 is 1.67 bits per heavy atom. The number of nitrogens with one attached hydrogen (secondary N) is 1. The maximum atomic E-state index is 12.7. The van der Waals surface area contributed by atoms with Crippen LogP contribution in [0.15, 0.2) is 48.0 Å². The molecule has 1 N–H and O–H groups in total. The maximum absolute atomic E-state index is 12.7. The molecular weight excluding hydrogens is 417 g/mol. The van der Waals surface area contributed by atoms with Gasteiger partial charge in [0, 0.05) is 32.8 Å². The van der Waals surface area contributed by atoms with Crippen LogP contribution in [0.1, 0.15) is 28.1 Å². The van der Waals surface area contributed by atoms with Crippen LogP contribution in [0, 0.1) is 39.0 Å². The molecule has 0 spiro atoms. The summed E-state index contributed by atoms with van der Waals surface area (Å²) >= 11 is 12.3. The Morgan fingerprint density at radius 1 is 1.00 bits per heavy atom. The first-order valence-electron chi connectivity index (χ1n) is 9.35. The highest BCUT2D eigenvalue weighted by Gasteiger charge is 2.15. The lowest BCUT2D eigenvalue weighted by atomic mass is 10.1. The molecule has 0 saturated carbocycles. The van der Waals surface area contributed by atoms with Crippen LogP contribution in [-0.2, 0) is 4.79 Å². The van der Waals surface area contributed by atoms with E-state index in [0.717, 1.165) is 33.8 Å². The first kappa shape index (κ1) is 21.7. The zero-order chi connectivity index (χ0) is 22.0. The molecule has 2 aromatic carbocycles. The Kier molecular flexibility index (Phi) is 6.36. The van der Waals surface area contributed by atoms with Crippen molar-refractivity contribution >= 4 is 40.9 Å². The predicted molar refractivity (Wildman–Crippen MR) is 123 cm³/mol. The molecule has 0 aliphatic carbocycles. The van der Waals surface area contributed by atoms with Crippen LogP contribution in [0.2, 0.25) is 10.0 Å². The molecule has 0 aliphatic rings. The van der Waals surface area contributed by atoms with Gasteiger partial charge in [0.05, 0.1) is 0 Å². The average Bonchev–Trinajstić information content (AvgIpc) is 2.95. The minimum atomic E-state index is -0.448. The molecule has 30 heavy (non-hydrogen) atoms. The standard InChI is InChI=1S/C24H21Cl2N3O/c1-14-5-6-22(7-15(14)2)28-24(30)19(13-27)9-18-8-16(3)29(17(18)4)23-11-20(25)10-21(26)12-23/h5-12H,1-4H3,(H,28,30)/b19-9-. The third-order valence-corrected chi connectivity index (χ3v) is 5.44. The molecular formula is C24H21Cl2N3O. The number of amides is 1. The number of carbonyl (C=O) groups is 1. The number of aromatic nitrogens is 1. The zero-order valence-corrected chi connectivity index (χ0v) is 18.7. The number of aryl methyl sites for hydroxylation is 3. The number of hydrogen-bond donors (Lipinski definition) is 1. The SMILES string of the molecule is Cc1ccc(NC(=O)/C(C#N)=C\c2cc(C)n(-c3cc(Cl)cc(Cl)c3)c2C)cc1C. The Bertz CT molecular complexity index is 1200. The average molecular weight is 438 g/mol. The fraction of sp³-hybridized carbons (Fsp3) is 0.167. The van der Waals surface area contributed by atoms with Gasteiger partial charge in [-0.25, -0.2) is 0 Å². The smallest absolute Gasteiger partial charge is 0.266 e. The lowest BCUT2D eigenvalue weighted by molar-refractivity contribution is -0.112. The topological polar surface area (TPSA) is 57.8 Å². The van der Waals surface area contributed by atoms with Crippen molar-refractivity contribution in [1.29, 1.82) is 5.26 Å². The summed E-state index contributed by atoms with van der Waals surface area (Å²) in [4.78, 5) is 12.7. The van der Waals surface area contributed by atoms with Crippen molar-refractivity contribution in [2.75, 3.05) is 5.32 Å². The molecule has 6 heteroatoms. The summed E-state index contributed by atoms with van der Waals surface area (Å²) in [6.45, 7) is 7.84. The van der Waals surface area contributed by atoms with Gasteiger partial charge in [-0.05, 0) is 86.9 Å². The van der Waals surface area contributed by atoms with Gasteiger partial charge < -0.3 is 9.88 Å². The van der Waals surface area contributed by atoms with Gasteiger partial charge in [0.15, 0.2) is 0 Å². The summed E-state index contributed by atoms with van der Waals surface area (Å²) in [7, 11) is 0. The fourth-order valence-electron chi connectivity index (χ4n) is 3.32. The zero-order valence-electron chi connectivity index (χ0n) is 17.2. The quantitative estimate of drug-likeness (QED) is 0.370. The molecule has 4 nitrogen and oxygen atoms in total. The lowest BCUT2D eigenvalue weighted by Crippen LogP contribution is -2.13. The predicted octanol–water partition coefficient (Wildman–Crippen LogP) is 6.56. The van der Waals surface area contributed by atoms with Gasteiger partial charge in [0.2, 0.25) is 0 Å². The second-order valence-electron chi connectivity index (χ2n) is 7.21. The van der Waals surface area contributed by atoms with E-state index in [-0.39, 0.29) is 5.57 Å². The van der Waals surface area contributed by atoms with Crippen LogP contribution >= 0.6 is 23.2 Å². The summed E-state index contributed by atoms with van der Waals surface area (Å²) < 4.78 is 1.99. The fourth-order valence-corrected chi connectivity index (χ4v) is 3.84. The van der Waals surface area contributed by atoms with E-state index in [1.165, 1.54) is 0 Å². The van der Waals surface area contributed by atoms with E-state index in [9.17, 15) is 10.1 Å². The number of nitriles is 1. The molecule has 1 aromatic heterocycles. The van der Waals surface area contributed by atoms with E-state index in [2.05, 4.69) is 5.32 Å². The van der Waals surface area contributed by atoms with Crippen molar-refractivity contribution < 1.29 is 4.79 Å².